The van der Waals surface area contributed by atoms with Crippen LogP contribution in [0.2, 0.25) is 0 Å². The van der Waals surface area contributed by atoms with Gasteiger partial charge in [0.2, 0.25) is 0 Å². The molecule has 1 aliphatic carbocycles. The molecule has 1 aromatic carbocycles. The highest BCUT2D eigenvalue weighted by molar-refractivity contribution is 5.99. The molecule has 2 rings (SSSR count). The molecule has 0 aromatic heterocycles. The highest BCUT2D eigenvalue weighted by Crippen LogP contribution is 2.27. The summed E-state index contributed by atoms with van der Waals surface area (Å²) in [7, 11) is 1.71. The Morgan fingerprint density at radius 3 is 2.94 bits per heavy atom. The lowest BCUT2D eigenvalue weighted by Gasteiger charge is -2.17. The Kier molecular flexibility index (Phi) is 3.95. The van der Waals surface area contributed by atoms with Crippen molar-refractivity contribution in [2.45, 2.75) is 38.7 Å². The van der Waals surface area contributed by atoms with Crippen LogP contribution in [0.1, 0.15) is 42.1 Å². The van der Waals surface area contributed by atoms with Crippen molar-refractivity contribution >= 4 is 5.78 Å². The van der Waals surface area contributed by atoms with Crippen LogP contribution < -0.4 is 0 Å². The minimum Gasteiger partial charge on any atom is -0.382 e. The summed E-state index contributed by atoms with van der Waals surface area (Å²) in [5.74, 6) is 0.440. The third kappa shape index (κ3) is 2.75. The number of hydrogen-bond donors (Lipinski definition) is 0. The third-order valence-electron chi connectivity index (χ3n) is 3.67. The monoisotopic (exact) mass is 232 g/mol. The van der Waals surface area contributed by atoms with Crippen molar-refractivity contribution in [2.24, 2.45) is 5.92 Å². The zero-order valence-corrected chi connectivity index (χ0v) is 10.6. The van der Waals surface area contributed by atoms with E-state index in [9.17, 15) is 4.79 Å². The SMILES string of the molecule is COC(C)CC1CCCc2ccccc2C1=O. The fourth-order valence-electron chi connectivity index (χ4n) is 2.59. The zero-order valence-electron chi connectivity index (χ0n) is 10.6. The molecule has 2 nitrogen and oxygen atoms in total. The minimum absolute atomic E-state index is 0.133. The maximum absolute atomic E-state index is 12.4. The number of Topliss-reactive ketones (excluding diaryl/α,β-unsaturated/α-hetero) is 1. The first-order valence-corrected chi connectivity index (χ1v) is 6.37. The van der Waals surface area contributed by atoms with E-state index in [0.29, 0.717) is 5.78 Å². The molecule has 0 spiro atoms. The normalized spacial score (nSPS) is 21.8. The lowest BCUT2D eigenvalue weighted by molar-refractivity contribution is 0.0734. The van der Waals surface area contributed by atoms with Crippen LogP contribution in [-0.2, 0) is 11.2 Å². The van der Waals surface area contributed by atoms with Crippen LogP contribution in [0.4, 0.5) is 0 Å². The summed E-state index contributed by atoms with van der Waals surface area (Å²) in [5, 5.41) is 0. The van der Waals surface area contributed by atoms with Crippen molar-refractivity contribution < 1.29 is 9.53 Å². The van der Waals surface area contributed by atoms with Crippen LogP contribution in [0, 0.1) is 5.92 Å². The van der Waals surface area contributed by atoms with Crippen molar-refractivity contribution in [2.75, 3.05) is 7.11 Å². The van der Waals surface area contributed by atoms with Crippen LogP contribution in [0.25, 0.3) is 0 Å². The summed E-state index contributed by atoms with van der Waals surface area (Å²) in [6.45, 7) is 2.03. The van der Waals surface area contributed by atoms with E-state index in [4.69, 9.17) is 4.74 Å². The number of ketones is 1. The Morgan fingerprint density at radius 1 is 1.41 bits per heavy atom. The fraction of sp³-hybridized carbons (Fsp3) is 0.533. The molecule has 0 radical (unpaired) electrons. The van der Waals surface area contributed by atoms with Gasteiger partial charge in [-0.1, -0.05) is 24.3 Å². The van der Waals surface area contributed by atoms with Crippen LogP contribution >= 0.6 is 0 Å². The van der Waals surface area contributed by atoms with Crippen molar-refractivity contribution in [1.29, 1.82) is 0 Å². The van der Waals surface area contributed by atoms with Crippen molar-refractivity contribution in [3.63, 3.8) is 0 Å². The smallest absolute Gasteiger partial charge is 0.166 e. The molecule has 2 unspecified atom stereocenters. The van der Waals surface area contributed by atoms with Gasteiger partial charge in [-0.15, -0.1) is 0 Å². The van der Waals surface area contributed by atoms with Crippen LogP contribution in [0.15, 0.2) is 24.3 Å². The predicted octanol–water partition coefficient (Wildman–Crippen LogP) is 3.25. The number of methoxy groups -OCH3 is 1. The van der Waals surface area contributed by atoms with Crippen LogP contribution in [0.3, 0.4) is 0 Å². The second-order valence-corrected chi connectivity index (χ2v) is 4.89. The fourth-order valence-corrected chi connectivity index (χ4v) is 2.59. The molecule has 17 heavy (non-hydrogen) atoms. The van der Waals surface area contributed by atoms with Gasteiger partial charge in [-0.3, -0.25) is 4.79 Å². The van der Waals surface area contributed by atoms with Crippen molar-refractivity contribution in [1.82, 2.24) is 0 Å². The maximum Gasteiger partial charge on any atom is 0.166 e. The molecule has 2 atom stereocenters. The molecule has 0 fully saturated rings. The lowest BCUT2D eigenvalue weighted by Crippen LogP contribution is -2.20. The van der Waals surface area contributed by atoms with Crippen molar-refractivity contribution in [3.8, 4) is 0 Å². The molecule has 92 valence electrons. The summed E-state index contributed by atoms with van der Waals surface area (Å²) in [6, 6.07) is 8.02. The van der Waals surface area contributed by atoms with Crippen LogP contribution in [-0.4, -0.2) is 19.0 Å². The molecular formula is C15H20O2. The average Bonchev–Trinajstić information content (AvgIpc) is 2.51. The topological polar surface area (TPSA) is 26.3 Å². The molecule has 0 bridgehead atoms. The number of hydrogen-bond acceptors (Lipinski definition) is 2. The number of rotatable bonds is 3. The molecule has 0 aliphatic heterocycles. The number of carbonyl (C=O) groups is 1. The second kappa shape index (κ2) is 5.46. The van der Waals surface area contributed by atoms with E-state index >= 15 is 0 Å². The predicted molar refractivity (Wildman–Crippen MR) is 68.3 cm³/mol. The number of ether oxygens (including phenoxy) is 1. The van der Waals surface area contributed by atoms with E-state index in [2.05, 4.69) is 6.07 Å². The molecular weight excluding hydrogens is 212 g/mol. The summed E-state index contributed by atoms with van der Waals surface area (Å²) in [6.07, 6.45) is 4.11. The van der Waals surface area contributed by atoms with E-state index in [1.807, 2.05) is 25.1 Å². The van der Waals surface area contributed by atoms with Gasteiger partial charge >= 0.3 is 0 Å². The highest BCUT2D eigenvalue weighted by Gasteiger charge is 2.26. The van der Waals surface area contributed by atoms with Gasteiger partial charge in [0.25, 0.3) is 0 Å². The Balaban J connectivity index is 2.20. The molecule has 1 aromatic rings. The van der Waals surface area contributed by atoms with Gasteiger partial charge in [0.05, 0.1) is 6.10 Å². The number of carbonyl (C=O) groups excluding carboxylic acids is 1. The van der Waals surface area contributed by atoms with E-state index in [1.165, 1.54) is 5.56 Å². The van der Waals surface area contributed by atoms with Gasteiger partial charge in [0.15, 0.2) is 5.78 Å². The lowest BCUT2D eigenvalue weighted by atomic mass is 9.90. The maximum atomic E-state index is 12.4. The first kappa shape index (κ1) is 12.3. The Morgan fingerprint density at radius 2 is 2.18 bits per heavy atom. The minimum atomic E-state index is 0.133. The van der Waals surface area contributed by atoms with Crippen molar-refractivity contribution in [3.05, 3.63) is 35.4 Å². The van der Waals surface area contributed by atoms with Gasteiger partial charge in [-0.05, 0) is 38.2 Å². The molecule has 2 heteroatoms. The molecule has 0 N–H and O–H groups in total. The summed E-state index contributed by atoms with van der Waals surface area (Å²) in [4.78, 5) is 12.4. The molecule has 0 saturated carbocycles. The van der Waals surface area contributed by atoms with Gasteiger partial charge in [0.1, 0.15) is 0 Å². The van der Waals surface area contributed by atoms with Gasteiger partial charge in [-0.2, -0.15) is 0 Å². The number of fused-ring (bicyclic) bond motifs is 1. The standard InChI is InChI=1S/C15H20O2/c1-11(17-2)10-13-8-5-7-12-6-3-4-9-14(12)15(13)16/h3-4,6,9,11,13H,5,7-8,10H2,1-2H3. The van der Waals surface area contributed by atoms with Gasteiger partial charge in [0, 0.05) is 18.6 Å². The quantitative estimate of drug-likeness (QED) is 0.748. The van der Waals surface area contributed by atoms with E-state index in [1.54, 1.807) is 7.11 Å². The molecule has 0 saturated heterocycles. The summed E-state index contributed by atoms with van der Waals surface area (Å²) in [5.41, 5.74) is 2.14. The van der Waals surface area contributed by atoms with E-state index in [-0.39, 0.29) is 12.0 Å². The number of aryl methyl sites for hydroxylation is 1. The Labute approximate surface area is 103 Å². The third-order valence-corrected chi connectivity index (χ3v) is 3.67. The summed E-state index contributed by atoms with van der Waals surface area (Å²) < 4.78 is 5.28. The highest BCUT2D eigenvalue weighted by atomic mass is 16.5. The first-order valence-electron chi connectivity index (χ1n) is 6.37. The van der Waals surface area contributed by atoms with E-state index in [0.717, 1.165) is 31.2 Å². The van der Waals surface area contributed by atoms with E-state index < -0.39 is 0 Å². The summed E-state index contributed by atoms with van der Waals surface area (Å²) >= 11 is 0. The average molecular weight is 232 g/mol. The van der Waals surface area contributed by atoms with Gasteiger partial charge in [-0.25, -0.2) is 0 Å². The first-order chi connectivity index (χ1) is 8.22. The molecule has 1 aliphatic rings. The number of benzene rings is 1. The zero-order chi connectivity index (χ0) is 12.3. The Hall–Kier alpha value is -1.15. The second-order valence-electron chi connectivity index (χ2n) is 4.89. The largest absolute Gasteiger partial charge is 0.382 e. The Bertz CT molecular complexity index is 398. The molecule has 0 amide bonds. The molecule has 0 heterocycles. The van der Waals surface area contributed by atoms with Gasteiger partial charge < -0.3 is 4.74 Å². The van der Waals surface area contributed by atoms with Crippen LogP contribution in [0.5, 0.6) is 0 Å².